The molecule has 0 saturated heterocycles. The maximum atomic E-state index is 12.0. The van der Waals surface area contributed by atoms with Crippen LogP contribution in [0.5, 0.6) is 0 Å². The van der Waals surface area contributed by atoms with E-state index in [1.807, 2.05) is 13.8 Å². The molecule has 1 rings (SSSR count). The van der Waals surface area contributed by atoms with Crippen LogP contribution < -0.4 is 16.8 Å². The number of hydrogen-bond acceptors (Lipinski definition) is 5. The van der Waals surface area contributed by atoms with Crippen molar-refractivity contribution >= 4 is 23.3 Å². The van der Waals surface area contributed by atoms with Crippen molar-refractivity contribution in [3.05, 3.63) is 23.8 Å². The van der Waals surface area contributed by atoms with E-state index in [0.29, 0.717) is 16.9 Å². The fourth-order valence-electron chi connectivity index (χ4n) is 1.64. The number of esters is 1. The van der Waals surface area contributed by atoms with Crippen molar-refractivity contribution in [2.45, 2.75) is 26.3 Å². The minimum absolute atomic E-state index is 0.0556. The number of rotatable bonds is 5. The number of benzene rings is 1. The van der Waals surface area contributed by atoms with E-state index in [4.69, 9.17) is 11.5 Å². The van der Waals surface area contributed by atoms with E-state index in [2.05, 4.69) is 10.1 Å². The first-order valence-corrected chi connectivity index (χ1v) is 6.45. The van der Waals surface area contributed by atoms with E-state index in [1.54, 1.807) is 0 Å². The predicted molar refractivity (Wildman–Crippen MR) is 78.3 cm³/mol. The molecule has 0 aliphatic carbocycles. The number of nitrogens with one attached hydrogen (secondary N) is 1. The highest BCUT2D eigenvalue weighted by Crippen LogP contribution is 2.21. The second-order valence-corrected chi connectivity index (χ2v) is 4.69. The molecule has 0 spiro atoms. The predicted octanol–water partition coefficient (Wildman–Crippen LogP) is 1.37. The topological polar surface area (TPSA) is 107 Å². The van der Waals surface area contributed by atoms with E-state index in [-0.39, 0.29) is 11.8 Å². The van der Waals surface area contributed by atoms with E-state index in [1.165, 1.54) is 25.3 Å². The number of methoxy groups -OCH3 is 1. The standard InChI is InChI=1S/C14H21N3O3/c1-4-8(2)12(16)13(18)17-11-7-9(14(19)20-3)5-6-10(11)15/h5-8,12H,4,15-16H2,1-3H3,(H,17,18)/t8?,12-/m0/s1. The van der Waals surface area contributed by atoms with Gasteiger partial charge in [0.1, 0.15) is 0 Å². The van der Waals surface area contributed by atoms with Crippen molar-refractivity contribution in [2.24, 2.45) is 11.7 Å². The summed E-state index contributed by atoms with van der Waals surface area (Å²) in [5.41, 5.74) is 12.7. The molecule has 1 aromatic rings. The molecule has 0 aliphatic rings. The first-order valence-electron chi connectivity index (χ1n) is 6.45. The molecule has 6 heteroatoms. The van der Waals surface area contributed by atoms with Gasteiger partial charge in [-0.2, -0.15) is 0 Å². The molecule has 0 heterocycles. The molecule has 1 amide bonds. The Morgan fingerprint density at radius 3 is 2.60 bits per heavy atom. The molecule has 1 unspecified atom stereocenters. The van der Waals surface area contributed by atoms with Crippen LogP contribution in [0.25, 0.3) is 0 Å². The summed E-state index contributed by atoms with van der Waals surface area (Å²) in [6.45, 7) is 3.86. The summed E-state index contributed by atoms with van der Waals surface area (Å²) >= 11 is 0. The maximum Gasteiger partial charge on any atom is 0.337 e. The molecular formula is C14H21N3O3. The van der Waals surface area contributed by atoms with Gasteiger partial charge in [-0.15, -0.1) is 0 Å². The second-order valence-electron chi connectivity index (χ2n) is 4.69. The van der Waals surface area contributed by atoms with Crippen LogP contribution in [0.1, 0.15) is 30.6 Å². The van der Waals surface area contributed by atoms with Crippen molar-refractivity contribution in [3.63, 3.8) is 0 Å². The Kier molecular flexibility index (Phi) is 5.52. The molecule has 0 saturated carbocycles. The molecule has 110 valence electrons. The third-order valence-corrected chi connectivity index (χ3v) is 3.29. The van der Waals surface area contributed by atoms with Crippen LogP contribution >= 0.6 is 0 Å². The largest absolute Gasteiger partial charge is 0.465 e. The molecule has 20 heavy (non-hydrogen) atoms. The Hall–Kier alpha value is -2.08. The van der Waals surface area contributed by atoms with Crippen molar-refractivity contribution in [3.8, 4) is 0 Å². The number of hydrogen-bond donors (Lipinski definition) is 3. The highest BCUT2D eigenvalue weighted by atomic mass is 16.5. The monoisotopic (exact) mass is 279 g/mol. The summed E-state index contributed by atoms with van der Waals surface area (Å²) < 4.78 is 4.62. The zero-order valence-electron chi connectivity index (χ0n) is 12.0. The molecule has 0 aliphatic heterocycles. The maximum absolute atomic E-state index is 12.0. The Bertz CT molecular complexity index is 502. The Balaban J connectivity index is 2.91. The van der Waals surface area contributed by atoms with Crippen LogP contribution in [0.3, 0.4) is 0 Å². The zero-order chi connectivity index (χ0) is 15.3. The van der Waals surface area contributed by atoms with Crippen molar-refractivity contribution in [2.75, 3.05) is 18.2 Å². The quantitative estimate of drug-likeness (QED) is 0.557. The smallest absolute Gasteiger partial charge is 0.337 e. The minimum Gasteiger partial charge on any atom is -0.465 e. The highest BCUT2D eigenvalue weighted by Gasteiger charge is 2.20. The Labute approximate surface area is 118 Å². The van der Waals surface area contributed by atoms with Crippen LogP contribution in [0.4, 0.5) is 11.4 Å². The molecule has 0 radical (unpaired) electrons. The molecule has 0 aromatic heterocycles. The summed E-state index contributed by atoms with van der Waals surface area (Å²) in [7, 11) is 1.29. The SMILES string of the molecule is CCC(C)[C@H](N)C(=O)Nc1cc(C(=O)OC)ccc1N. The zero-order valence-corrected chi connectivity index (χ0v) is 12.0. The lowest BCUT2D eigenvalue weighted by atomic mass is 9.99. The van der Waals surface area contributed by atoms with E-state index in [0.717, 1.165) is 6.42 Å². The molecule has 1 aromatic carbocycles. The van der Waals surface area contributed by atoms with E-state index < -0.39 is 12.0 Å². The minimum atomic E-state index is -0.624. The van der Waals surface area contributed by atoms with Crippen molar-refractivity contribution in [1.82, 2.24) is 0 Å². The number of ether oxygens (including phenoxy) is 1. The van der Waals surface area contributed by atoms with Crippen LogP contribution in [0.2, 0.25) is 0 Å². The third kappa shape index (κ3) is 3.71. The summed E-state index contributed by atoms with van der Waals surface area (Å²) in [6.07, 6.45) is 0.798. The number of carbonyl (C=O) groups is 2. The number of nitrogens with two attached hydrogens (primary N) is 2. The van der Waals surface area contributed by atoms with Crippen molar-refractivity contribution in [1.29, 1.82) is 0 Å². The Morgan fingerprint density at radius 1 is 1.40 bits per heavy atom. The number of nitrogen functional groups attached to an aromatic ring is 1. The summed E-state index contributed by atoms with van der Waals surface area (Å²) in [5.74, 6) is -0.764. The van der Waals surface area contributed by atoms with Gasteiger partial charge in [0.15, 0.2) is 0 Å². The Morgan fingerprint density at radius 2 is 2.05 bits per heavy atom. The lowest BCUT2D eigenvalue weighted by Crippen LogP contribution is -2.40. The van der Waals surface area contributed by atoms with Crippen LogP contribution in [0.15, 0.2) is 18.2 Å². The lowest BCUT2D eigenvalue weighted by molar-refractivity contribution is -0.118. The molecule has 0 fully saturated rings. The second kappa shape index (κ2) is 6.91. The van der Waals surface area contributed by atoms with Gasteiger partial charge in [-0.25, -0.2) is 4.79 Å². The normalized spacial score (nSPS) is 13.4. The first kappa shape index (κ1) is 16.0. The molecular weight excluding hydrogens is 258 g/mol. The molecule has 6 nitrogen and oxygen atoms in total. The fourth-order valence-corrected chi connectivity index (χ4v) is 1.64. The van der Waals surface area contributed by atoms with Crippen LogP contribution in [0, 0.1) is 5.92 Å². The summed E-state index contributed by atoms with van der Waals surface area (Å²) in [6, 6.07) is 3.92. The molecule has 5 N–H and O–H groups in total. The van der Waals surface area contributed by atoms with Gasteiger partial charge in [-0.1, -0.05) is 20.3 Å². The number of anilines is 2. The summed E-state index contributed by atoms with van der Waals surface area (Å²) in [4.78, 5) is 23.5. The lowest BCUT2D eigenvalue weighted by Gasteiger charge is -2.18. The van der Waals surface area contributed by atoms with Crippen LogP contribution in [-0.4, -0.2) is 25.0 Å². The average molecular weight is 279 g/mol. The molecule has 2 atom stereocenters. The van der Waals surface area contributed by atoms with Gasteiger partial charge in [0, 0.05) is 0 Å². The number of carbonyl (C=O) groups excluding carboxylic acids is 2. The van der Waals surface area contributed by atoms with Crippen LogP contribution in [-0.2, 0) is 9.53 Å². The number of amides is 1. The van der Waals surface area contributed by atoms with E-state index >= 15 is 0 Å². The van der Waals surface area contributed by atoms with Gasteiger partial charge in [-0.05, 0) is 24.1 Å². The average Bonchev–Trinajstić information content (AvgIpc) is 2.46. The van der Waals surface area contributed by atoms with Crippen molar-refractivity contribution < 1.29 is 14.3 Å². The third-order valence-electron chi connectivity index (χ3n) is 3.29. The van der Waals surface area contributed by atoms with Gasteiger partial charge in [0.25, 0.3) is 0 Å². The van der Waals surface area contributed by atoms with E-state index in [9.17, 15) is 9.59 Å². The van der Waals surface area contributed by atoms with Gasteiger partial charge < -0.3 is 21.5 Å². The fraction of sp³-hybridized carbons (Fsp3) is 0.429. The van der Waals surface area contributed by atoms with Gasteiger partial charge >= 0.3 is 5.97 Å². The molecule has 0 bridgehead atoms. The van der Waals surface area contributed by atoms with Gasteiger partial charge in [0.2, 0.25) is 5.91 Å². The van der Waals surface area contributed by atoms with Gasteiger partial charge in [0.05, 0.1) is 30.1 Å². The van der Waals surface area contributed by atoms with Gasteiger partial charge in [-0.3, -0.25) is 4.79 Å². The highest BCUT2D eigenvalue weighted by molar-refractivity contribution is 5.99. The first-order chi connectivity index (χ1) is 9.40. The summed E-state index contributed by atoms with van der Waals surface area (Å²) in [5, 5.41) is 2.65.